The Labute approximate surface area is 93.4 Å². The molecule has 0 fully saturated rings. The second kappa shape index (κ2) is 4.78. The van der Waals surface area contributed by atoms with Crippen LogP contribution in [0.4, 0.5) is 5.95 Å². The van der Waals surface area contributed by atoms with Gasteiger partial charge in [-0.15, -0.1) is 0 Å². The molecule has 6 heteroatoms. The summed E-state index contributed by atoms with van der Waals surface area (Å²) in [5.74, 6) is 1.14. The van der Waals surface area contributed by atoms with Crippen molar-refractivity contribution in [1.82, 2.24) is 20.2 Å². The lowest BCUT2D eigenvalue weighted by Gasteiger charge is -2.07. The van der Waals surface area contributed by atoms with E-state index in [2.05, 4.69) is 32.4 Å². The fourth-order valence-corrected chi connectivity index (χ4v) is 1.35. The maximum Gasteiger partial charge on any atom is 0.229 e. The molecule has 0 saturated carbocycles. The molecule has 0 aromatic carbocycles. The summed E-state index contributed by atoms with van der Waals surface area (Å²) in [5.41, 5.74) is 0.692. The second-order valence-corrected chi connectivity index (χ2v) is 3.36. The number of ether oxygens (including phenoxy) is 1. The molecule has 0 aliphatic heterocycles. The highest BCUT2D eigenvalue weighted by Crippen LogP contribution is 2.22. The highest BCUT2D eigenvalue weighted by atomic mass is 16.5. The van der Waals surface area contributed by atoms with Crippen LogP contribution >= 0.6 is 0 Å². The van der Waals surface area contributed by atoms with Crippen LogP contribution in [-0.2, 0) is 0 Å². The van der Waals surface area contributed by atoms with Crippen LogP contribution < -0.4 is 10.1 Å². The van der Waals surface area contributed by atoms with Crippen molar-refractivity contribution in [2.24, 2.45) is 0 Å². The molecular weight excluding hydrogens is 206 g/mol. The Morgan fingerprint density at radius 1 is 1.38 bits per heavy atom. The summed E-state index contributed by atoms with van der Waals surface area (Å²) in [4.78, 5) is 8.57. The Morgan fingerprint density at radius 2 is 2.25 bits per heavy atom. The normalized spacial score (nSPS) is 10.6. The van der Waals surface area contributed by atoms with E-state index in [9.17, 15) is 0 Å². The first-order valence-electron chi connectivity index (χ1n) is 5.43. The van der Waals surface area contributed by atoms with Gasteiger partial charge in [0, 0.05) is 6.54 Å². The van der Waals surface area contributed by atoms with Gasteiger partial charge in [0.05, 0.1) is 12.8 Å². The maximum absolute atomic E-state index is 5.56. The van der Waals surface area contributed by atoms with E-state index in [0.29, 0.717) is 24.1 Å². The summed E-state index contributed by atoms with van der Waals surface area (Å²) in [7, 11) is 0. The average molecular weight is 221 g/mol. The predicted molar refractivity (Wildman–Crippen MR) is 61.6 cm³/mol. The molecule has 0 atom stereocenters. The molecule has 0 aliphatic rings. The van der Waals surface area contributed by atoms with Gasteiger partial charge in [-0.05, 0) is 13.3 Å². The zero-order valence-electron chi connectivity index (χ0n) is 9.45. The number of aromatic amines is 1. The number of aromatic nitrogens is 4. The van der Waals surface area contributed by atoms with Crippen LogP contribution in [-0.4, -0.2) is 33.3 Å². The summed E-state index contributed by atoms with van der Waals surface area (Å²) in [5, 5.41) is 10.6. The standard InChI is InChI=1S/C10H15N5O/c1-3-5-16-9-7-6-12-15-8(7)13-10(14-9)11-4-2/h6H,3-5H2,1-2H3,(H2,11,12,13,14,15). The summed E-state index contributed by atoms with van der Waals surface area (Å²) >= 11 is 0. The van der Waals surface area contributed by atoms with Gasteiger partial charge in [0.15, 0.2) is 5.65 Å². The number of anilines is 1. The van der Waals surface area contributed by atoms with E-state index < -0.39 is 0 Å². The highest BCUT2D eigenvalue weighted by Gasteiger charge is 2.09. The minimum Gasteiger partial charge on any atom is -0.477 e. The van der Waals surface area contributed by atoms with Crippen LogP contribution in [0.1, 0.15) is 20.3 Å². The van der Waals surface area contributed by atoms with Crippen LogP contribution in [0.25, 0.3) is 11.0 Å². The van der Waals surface area contributed by atoms with Crippen molar-refractivity contribution in [2.45, 2.75) is 20.3 Å². The van der Waals surface area contributed by atoms with E-state index in [1.54, 1.807) is 6.20 Å². The largest absolute Gasteiger partial charge is 0.477 e. The molecule has 0 spiro atoms. The Kier molecular flexibility index (Phi) is 3.19. The van der Waals surface area contributed by atoms with Gasteiger partial charge >= 0.3 is 0 Å². The summed E-state index contributed by atoms with van der Waals surface area (Å²) in [6, 6.07) is 0. The third kappa shape index (κ3) is 2.05. The average Bonchev–Trinajstić information content (AvgIpc) is 2.74. The van der Waals surface area contributed by atoms with Crippen LogP contribution in [0.15, 0.2) is 6.20 Å². The Morgan fingerprint density at radius 3 is 3.00 bits per heavy atom. The molecular formula is C10H15N5O. The smallest absolute Gasteiger partial charge is 0.229 e. The van der Waals surface area contributed by atoms with Crippen molar-refractivity contribution in [3.63, 3.8) is 0 Å². The molecule has 2 aromatic heterocycles. The molecule has 2 N–H and O–H groups in total. The lowest BCUT2D eigenvalue weighted by atomic mass is 10.4. The summed E-state index contributed by atoms with van der Waals surface area (Å²) < 4.78 is 5.56. The molecule has 2 aromatic rings. The molecule has 0 bridgehead atoms. The fourth-order valence-electron chi connectivity index (χ4n) is 1.35. The first-order valence-corrected chi connectivity index (χ1v) is 5.43. The molecule has 6 nitrogen and oxygen atoms in total. The topological polar surface area (TPSA) is 75.7 Å². The first-order chi connectivity index (χ1) is 7.85. The fraction of sp³-hybridized carbons (Fsp3) is 0.500. The molecule has 0 aliphatic carbocycles. The second-order valence-electron chi connectivity index (χ2n) is 3.36. The van der Waals surface area contributed by atoms with Crippen LogP contribution in [0.3, 0.4) is 0 Å². The molecule has 0 radical (unpaired) electrons. The molecule has 0 saturated heterocycles. The van der Waals surface area contributed by atoms with Crippen molar-refractivity contribution in [3.05, 3.63) is 6.20 Å². The quantitative estimate of drug-likeness (QED) is 0.801. The molecule has 86 valence electrons. The molecule has 2 heterocycles. The van der Waals surface area contributed by atoms with E-state index in [1.165, 1.54) is 0 Å². The number of hydrogen-bond donors (Lipinski definition) is 2. The van der Waals surface area contributed by atoms with E-state index in [-0.39, 0.29) is 0 Å². The van der Waals surface area contributed by atoms with Crippen molar-refractivity contribution in [1.29, 1.82) is 0 Å². The molecule has 16 heavy (non-hydrogen) atoms. The summed E-state index contributed by atoms with van der Waals surface area (Å²) in [6.07, 6.45) is 2.62. The van der Waals surface area contributed by atoms with Gasteiger partial charge in [-0.25, -0.2) is 0 Å². The van der Waals surface area contributed by atoms with E-state index in [4.69, 9.17) is 4.74 Å². The molecule has 0 amide bonds. The molecule has 0 unspecified atom stereocenters. The third-order valence-electron chi connectivity index (χ3n) is 2.05. The lowest BCUT2D eigenvalue weighted by molar-refractivity contribution is 0.309. The van der Waals surface area contributed by atoms with Crippen LogP contribution in [0, 0.1) is 0 Å². The number of rotatable bonds is 5. The van der Waals surface area contributed by atoms with Gasteiger partial charge in [-0.1, -0.05) is 6.92 Å². The number of fused-ring (bicyclic) bond motifs is 1. The van der Waals surface area contributed by atoms with Crippen molar-refractivity contribution in [3.8, 4) is 5.88 Å². The number of hydrogen-bond acceptors (Lipinski definition) is 5. The highest BCUT2D eigenvalue weighted by molar-refractivity contribution is 5.80. The third-order valence-corrected chi connectivity index (χ3v) is 2.05. The van der Waals surface area contributed by atoms with Gasteiger partial charge in [0.25, 0.3) is 0 Å². The Bertz CT molecular complexity index is 467. The number of nitrogens with zero attached hydrogens (tertiary/aromatic N) is 3. The van der Waals surface area contributed by atoms with E-state index in [1.807, 2.05) is 6.92 Å². The van der Waals surface area contributed by atoms with Gasteiger partial charge in [-0.3, -0.25) is 5.10 Å². The SMILES string of the molecule is CCCOc1nc(NCC)nc2[nH]ncc12. The minimum atomic E-state index is 0.561. The zero-order chi connectivity index (χ0) is 11.4. The van der Waals surface area contributed by atoms with Crippen molar-refractivity contribution < 1.29 is 4.74 Å². The zero-order valence-corrected chi connectivity index (χ0v) is 9.45. The first kappa shape index (κ1) is 10.7. The monoisotopic (exact) mass is 221 g/mol. The number of nitrogens with one attached hydrogen (secondary N) is 2. The van der Waals surface area contributed by atoms with Gasteiger partial charge < -0.3 is 10.1 Å². The van der Waals surface area contributed by atoms with Gasteiger partial charge in [0.2, 0.25) is 11.8 Å². The van der Waals surface area contributed by atoms with Crippen molar-refractivity contribution in [2.75, 3.05) is 18.5 Å². The molecule has 2 rings (SSSR count). The number of H-pyrrole nitrogens is 1. The van der Waals surface area contributed by atoms with Gasteiger partial charge in [0.1, 0.15) is 5.39 Å². The van der Waals surface area contributed by atoms with E-state index in [0.717, 1.165) is 18.4 Å². The predicted octanol–water partition coefficient (Wildman–Crippen LogP) is 1.57. The Hall–Kier alpha value is -1.85. The van der Waals surface area contributed by atoms with E-state index >= 15 is 0 Å². The van der Waals surface area contributed by atoms with Crippen LogP contribution in [0.5, 0.6) is 5.88 Å². The Balaban J connectivity index is 2.38. The van der Waals surface area contributed by atoms with Crippen LogP contribution in [0.2, 0.25) is 0 Å². The van der Waals surface area contributed by atoms with Crippen molar-refractivity contribution >= 4 is 17.0 Å². The minimum absolute atomic E-state index is 0.561. The maximum atomic E-state index is 5.56. The van der Waals surface area contributed by atoms with Gasteiger partial charge in [-0.2, -0.15) is 15.1 Å². The lowest BCUT2D eigenvalue weighted by Crippen LogP contribution is -2.05. The summed E-state index contributed by atoms with van der Waals surface area (Å²) in [6.45, 7) is 5.46.